The molecule has 0 saturated heterocycles. The van der Waals surface area contributed by atoms with Gasteiger partial charge in [0, 0.05) is 23.1 Å². The number of ether oxygens (including phenoxy) is 2. The number of nitrogens with one attached hydrogen (secondary N) is 1. The number of para-hydroxylation sites is 1. The first kappa shape index (κ1) is 17.9. The molecule has 134 valence electrons. The van der Waals surface area contributed by atoms with E-state index in [1.807, 2.05) is 59.4 Å². The van der Waals surface area contributed by atoms with Gasteiger partial charge in [0.25, 0.3) is 0 Å². The zero-order chi connectivity index (χ0) is 18.5. The van der Waals surface area contributed by atoms with E-state index in [-0.39, 0.29) is 5.17 Å². The van der Waals surface area contributed by atoms with Crippen LogP contribution in [0.2, 0.25) is 0 Å². The summed E-state index contributed by atoms with van der Waals surface area (Å²) in [6.07, 6.45) is 1.97. The van der Waals surface area contributed by atoms with E-state index in [9.17, 15) is 0 Å². The van der Waals surface area contributed by atoms with Gasteiger partial charge in [0.15, 0.2) is 16.7 Å². The van der Waals surface area contributed by atoms with Gasteiger partial charge in [-0.3, -0.25) is 5.41 Å². The van der Waals surface area contributed by atoms with Crippen LogP contribution in [0.5, 0.6) is 11.5 Å². The van der Waals surface area contributed by atoms with Crippen LogP contribution in [-0.4, -0.2) is 29.2 Å². The highest BCUT2D eigenvalue weighted by atomic mass is 32.2. The third-order valence-corrected chi connectivity index (χ3v) is 4.62. The summed E-state index contributed by atoms with van der Waals surface area (Å²) >= 11 is 1.27. The van der Waals surface area contributed by atoms with Gasteiger partial charge in [0.05, 0.1) is 25.6 Å². The summed E-state index contributed by atoms with van der Waals surface area (Å²) in [5, 5.41) is 12.3. The van der Waals surface area contributed by atoms with Gasteiger partial charge >= 0.3 is 0 Å². The summed E-state index contributed by atoms with van der Waals surface area (Å²) in [6.45, 7) is 0. The molecule has 6 nitrogen and oxygen atoms in total. The Morgan fingerprint density at radius 3 is 2.50 bits per heavy atom. The van der Waals surface area contributed by atoms with Gasteiger partial charge in [-0.15, -0.1) is 0 Å². The number of hydrogen-bond acceptors (Lipinski definition) is 5. The Hall–Kier alpha value is -2.93. The van der Waals surface area contributed by atoms with Crippen molar-refractivity contribution in [3.63, 3.8) is 0 Å². The molecule has 26 heavy (non-hydrogen) atoms. The van der Waals surface area contributed by atoms with E-state index >= 15 is 0 Å². The Kier molecular flexibility index (Phi) is 5.48. The highest BCUT2D eigenvalue weighted by molar-refractivity contribution is 8.13. The fourth-order valence-corrected chi connectivity index (χ4v) is 3.13. The zero-order valence-electron chi connectivity index (χ0n) is 14.6. The molecule has 0 unspecified atom stereocenters. The molecular formula is C19H20N4O2S. The Morgan fingerprint density at radius 2 is 1.85 bits per heavy atom. The molecule has 7 heteroatoms. The molecule has 0 aliphatic heterocycles. The molecule has 3 N–H and O–H groups in total. The normalized spacial score (nSPS) is 10.5. The minimum Gasteiger partial charge on any atom is -0.493 e. The molecule has 0 atom stereocenters. The Labute approximate surface area is 156 Å². The van der Waals surface area contributed by atoms with Gasteiger partial charge in [-0.25, -0.2) is 4.68 Å². The van der Waals surface area contributed by atoms with Crippen molar-refractivity contribution >= 4 is 16.9 Å². The summed E-state index contributed by atoms with van der Waals surface area (Å²) in [5.74, 6) is 1.87. The zero-order valence-corrected chi connectivity index (χ0v) is 15.4. The number of amidine groups is 1. The van der Waals surface area contributed by atoms with Crippen molar-refractivity contribution in [2.75, 3.05) is 14.2 Å². The lowest BCUT2D eigenvalue weighted by atomic mass is 10.1. The summed E-state index contributed by atoms with van der Waals surface area (Å²) < 4.78 is 12.6. The minimum atomic E-state index is 0.0794. The average Bonchev–Trinajstić information content (AvgIpc) is 3.10. The van der Waals surface area contributed by atoms with E-state index in [1.165, 1.54) is 11.8 Å². The number of hydrogen-bond donors (Lipinski definition) is 2. The highest BCUT2D eigenvalue weighted by Gasteiger charge is 2.15. The molecule has 1 aromatic heterocycles. The van der Waals surface area contributed by atoms with Crippen molar-refractivity contribution in [2.24, 2.45) is 5.73 Å². The SMILES string of the molecule is COc1ccc(-c2nn(-c3ccccc3)cc2CSC(=N)N)cc1OC. The van der Waals surface area contributed by atoms with Crippen LogP contribution >= 0.6 is 11.8 Å². The molecule has 2 aromatic carbocycles. The van der Waals surface area contributed by atoms with E-state index in [1.54, 1.807) is 14.2 Å². The van der Waals surface area contributed by atoms with Crippen LogP contribution in [0.3, 0.4) is 0 Å². The molecule has 0 radical (unpaired) electrons. The summed E-state index contributed by atoms with van der Waals surface area (Å²) in [6, 6.07) is 15.6. The Balaban J connectivity index is 2.06. The second-order valence-corrected chi connectivity index (χ2v) is 6.52. The number of aromatic nitrogens is 2. The maximum atomic E-state index is 7.48. The van der Waals surface area contributed by atoms with Gasteiger partial charge in [-0.1, -0.05) is 30.0 Å². The summed E-state index contributed by atoms with van der Waals surface area (Å²) in [4.78, 5) is 0. The van der Waals surface area contributed by atoms with Crippen molar-refractivity contribution in [3.05, 3.63) is 60.3 Å². The van der Waals surface area contributed by atoms with Crippen LogP contribution in [-0.2, 0) is 5.75 Å². The number of thioether (sulfide) groups is 1. The predicted octanol–water partition coefficient (Wildman–Crippen LogP) is 3.68. The van der Waals surface area contributed by atoms with Crippen molar-refractivity contribution in [2.45, 2.75) is 5.75 Å². The Morgan fingerprint density at radius 1 is 1.12 bits per heavy atom. The largest absolute Gasteiger partial charge is 0.493 e. The van der Waals surface area contributed by atoms with E-state index < -0.39 is 0 Å². The van der Waals surface area contributed by atoms with Crippen LogP contribution in [0.25, 0.3) is 16.9 Å². The molecule has 0 bridgehead atoms. The van der Waals surface area contributed by atoms with Gasteiger partial charge in [-0.05, 0) is 30.3 Å². The van der Waals surface area contributed by atoms with Crippen molar-refractivity contribution in [1.29, 1.82) is 5.41 Å². The first-order valence-electron chi connectivity index (χ1n) is 7.95. The van der Waals surface area contributed by atoms with Gasteiger partial charge in [-0.2, -0.15) is 5.10 Å². The maximum absolute atomic E-state index is 7.48. The second kappa shape index (κ2) is 7.97. The molecular weight excluding hydrogens is 348 g/mol. The predicted molar refractivity (Wildman–Crippen MR) is 105 cm³/mol. The number of nitrogens with two attached hydrogens (primary N) is 1. The Bertz CT molecular complexity index is 909. The van der Waals surface area contributed by atoms with E-state index in [4.69, 9.17) is 25.7 Å². The average molecular weight is 368 g/mol. The fourth-order valence-electron chi connectivity index (χ4n) is 2.61. The lowest BCUT2D eigenvalue weighted by Crippen LogP contribution is -2.03. The number of methoxy groups -OCH3 is 2. The molecule has 3 rings (SSSR count). The summed E-state index contributed by atoms with van der Waals surface area (Å²) in [7, 11) is 3.22. The van der Waals surface area contributed by atoms with Crippen molar-refractivity contribution < 1.29 is 9.47 Å². The minimum absolute atomic E-state index is 0.0794. The highest BCUT2D eigenvalue weighted by Crippen LogP contribution is 2.34. The first-order valence-corrected chi connectivity index (χ1v) is 8.94. The summed E-state index contributed by atoms with van der Waals surface area (Å²) in [5.41, 5.74) is 9.20. The molecule has 3 aromatic rings. The van der Waals surface area contributed by atoms with Crippen LogP contribution in [0.1, 0.15) is 5.56 Å². The van der Waals surface area contributed by atoms with Gasteiger partial charge < -0.3 is 15.2 Å². The topological polar surface area (TPSA) is 86.2 Å². The molecule has 0 aliphatic carbocycles. The van der Waals surface area contributed by atoms with Crippen molar-refractivity contribution in [3.8, 4) is 28.4 Å². The van der Waals surface area contributed by atoms with Crippen LogP contribution in [0, 0.1) is 5.41 Å². The van der Waals surface area contributed by atoms with Gasteiger partial charge in [0.1, 0.15) is 0 Å². The molecule has 0 spiro atoms. The molecule has 0 aliphatic rings. The van der Waals surface area contributed by atoms with Crippen LogP contribution in [0.15, 0.2) is 54.7 Å². The quantitative estimate of drug-likeness (QED) is 0.512. The van der Waals surface area contributed by atoms with E-state index in [0.717, 1.165) is 22.5 Å². The van der Waals surface area contributed by atoms with E-state index in [2.05, 4.69) is 0 Å². The third kappa shape index (κ3) is 3.83. The molecule has 0 fully saturated rings. The maximum Gasteiger partial charge on any atom is 0.161 e. The lowest BCUT2D eigenvalue weighted by molar-refractivity contribution is 0.355. The number of benzene rings is 2. The standard InChI is InChI=1S/C19H20N4O2S/c1-24-16-9-8-13(10-17(16)25-2)18-14(12-26-19(20)21)11-23(22-18)15-6-4-3-5-7-15/h3-11H,12H2,1-2H3,(H3,20,21). The van der Waals surface area contributed by atoms with Crippen LogP contribution in [0.4, 0.5) is 0 Å². The van der Waals surface area contributed by atoms with Crippen LogP contribution < -0.4 is 15.2 Å². The number of rotatable bonds is 6. The van der Waals surface area contributed by atoms with Gasteiger partial charge in [0.2, 0.25) is 0 Å². The fraction of sp³-hybridized carbons (Fsp3) is 0.158. The third-order valence-electron chi connectivity index (χ3n) is 3.85. The smallest absolute Gasteiger partial charge is 0.161 e. The second-order valence-electron chi connectivity index (χ2n) is 5.51. The number of nitrogens with zero attached hydrogens (tertiary/aromatic N) is 2. The monoisotopic (exact) mass is 368 g/mol. The molecule has 0 amide bonds. The lowest BCUT2D eigenvalue weighted by Gasteiger charge is -2.09. The molecule has 0 saturated carbocycles. The van der Waals surface area contributed by atoms with Crippen molar-refractivity contribution in [1.82, 2.24) is 9.78 Å². The first-order chi connectivity index (χ1) is 12.6. The van der Waals surface area contributed by atoms with E-state index in [0.29, 0.717) is 17.3 Å². The molecule has 1 heterocycles.